The highest BCUT2D eigenvalue weighted by Crippen LogP contribution is 2.59. The summed E-state index contributed by atoms with van der Waals surface area (Å²) in [5, 5.41) is 0. The molecule has 5 nitrogen and oxygen atoms in total. The van der Waals surface area contributed by atoms with E-state index in [1.54, 1.807) is 11.8 Å². The number of halogens is 2. The molecule has 1 aromatic heterocycles. The molecule has 0 amide bonds. The van der Waals surface area contributed by atoms with Crippen molar-refractivity contribution in [3.63, 3.8) is 0 Å². The largest absolute Gasteiger partial charge is 0.464 e. The third kappa shape index (κ3) is 1.84. The molecule has 2 unspecified atom stereocenters. The Labute approximate surface area is 108 Å². The zero-order valence-corrected chi connectivity index (χ0v) is 10.6. The van der Waals surface area contributed by atoms with Crippen LogP contribution in [-0.2, 0) is 4.74 Å². The van der Waals surface area contributed by atoms with E-state index in [-0.39, 0.29) is 18.8 Å². The molecular formula is C12H13F2N3O2. The van der Waals surface area contributed by atoms with E-state index in [0.29, 0.717) is 11.6 Å². The van der Waals surface area contributed by atoms with Gasteiger partial charge < -0.3 is 9.64 Å². The number of hydrogen-bond acceptors (Lipinski definition) is 5. The van der Waals surface area contributed by atoms with Crippen molar-refractivity contribution in [3.05, 3.63) is 17.5 Å². The van der Waals surface area contributed by atoms with Gasteiger partial charge in [0.1, 0.15) is 0 Å². The summed E-state index contributed by atoms with van der Waals surface area (Å²) in [5.74, 6) is -3.97. The molecule has 2 heterocycles. The predicted octanol–water partition coefficient (Wildman–Crippen LogP) is 1.27. The predicted molar refractivity (Wildman–Crippen MR) is 62.2 cm³/mol. The highest BCUT2D eigenvalue weighted by atomic mass is 19.3. The number of esters is 1. The van der Waals surface area contributed by atoms with Crippen LogP contribution < -0.4 is 4.90 Å². The first-order chi connectivity index (χ1) is 8.93. The zero-order valence-electron chi connectivity index (χ0n) is 10.6. The number of hydrogen-bond donors (Lipinski definition) is 0. The number of rotatable bonds is 2. The number of carbonyl (C=O) groups is 1. The van der Waals surface area contributed by atoms with Gasteiger partial charge in [-0.1, -0.05) is 0 Å². The molecule has 3 rings (SSSR count). The van der Waals surface area contributed by atoms with Crippen LogP contribution in [0.2, 0.25) is 0 Å². The number of piperidine rings is 1. The summed E-state index contributed by atoms with van der Waals surface area (Å²) in [6, 6.07) is 1.51. The molecule has 1 saturated carbocycles. The van der Waals surface area contributed by atoms with Crippen molar-refractivity contribution >= 4 is 11.9 Å². The number of anilines is 1. The Balaban J connectivity index is 1.83. The van der Waals surface area contributed by atoms with E-state index < -0.39 is 23.7 Å². The molecule has 19 heavy (non-hydrogen) atoms. The van der Waals surface area contributed by atoms with Gasteiger partial charge in [0.25, 0.3) is 5.92 Å². The molecule has 0 aromatic carbocycles. The number of aromatic nitrogens is 2. The highest BCUT2D eigenvalue weighted by molar-refractivity contribution is 5.87. The van der Waals surface area contributed by atoms with Crippen molar-refractivity contribution in [2.24, 2.45) is 11.8 Å². The fraction of sp³-hybridized carbons (Fsp3) is 0.583. The minimum atomic E-state index is -2.54. The Morgan fingerprint density at radius 2 is 2.05 bits per heavy atom. The van der Waals surface area contributed by atoms with Crippen LogP contribution in [0, 0.1) is 18.8 Å². The Morgan fingerprint density at radius 3 is 2.63 bits per heavy atom. The van der Waals surface area contributed by atoms with Gasteiger partial charge in [-0.15, -0.1) is 0 Å². The van der Waals surface area contributed by atoms with Gasteiger partial charge in [0.15, 0.2) is 5.69 Å². The number of fused-ring (bicyclic) bond motifs is 1. The molecule has 0 spiro atoms. The van der Waals surface area contributed by atoms with Gasteiger partial charge in [-0.25, -0.2) is 23.5 Å². The maximum absolute atomic E-state index is 13.1. The number of alkyl halides is 2. The van der Waals surface area contributed by atoms with Crippen LogP contribution >= 0.6 is 0 Å². The fourth-order valence-corrected chi connectivity index (χ4v) is 2.57. The van der Waals surface area contributed by atoms with Gasteiger partial charge >= 0.3 is 5.97 Å². The minimum absolute atomic E-state index is 0.150. The van der Waals surface area contributed by atoms with Gasteiger partial charge in [-0.2, -0.15) is 0 Å². The fourth-order valence-electron chi connectivity index (χ4n) is 2.57. The van der Waals surface area contributed by atoms with Gasteiger partial charge in [0, 0.05) is 18.8 Å². The lowest BCUT2D eigenvalue weighted by atomic mass is 10.3. The molecule has 1 saturated heterocycles. The van der Waals surface area contributed by atoms with Crippen molar-refractivity contribution in [3.8, 4) is 0 Å². The SMILES string of the molecule is COC(=O)c1cc(C)nc(N2CC3C(C2)C3(F)F)n1. The summed E-state index contributed by atoms with van der Waals surface area (Å²) < 4.78 is 30.9. The van der Waals surface area contributed by atoms with Gasteiger partial charge in [-0.3, -0.25) is 0 Å². The summed E-state index contributed by atoms with van der Waals surface area (Å²) in [4.78, 5) is 21.4. The van der Waals surface area contributed by atoms with Crippen LogP contribution in [-0.4, -0.2) is 42.1 Å². The summed E-state index contributed by atoms with van der Waals surface area (Å²) in [5.41, 5.74) is 0.759. The molecule has 1 aromatic rings. The first-order valence-corrected chi connectivity index (χ1v) is 6.00. The van der Waals surface area contributed by atoms with Gasteiger partial charge in [0.05, 0.1) is 18.9 Å². The molecule has 0 radical (unpaired) electrons. The lowest BCUT2D eigenvalue weighted by molar-refractivity contribution is 0.0593. The number of ether oxygens (including phenoxy) is 1. The van der Waals surface area contributed by atoms with Crippen molar-refractivity contribution in [2.75, 3.05) is 25.1 Å². The highest BCUT2D eigenvalue weighted by Gasteiger charge is 2.72. The second-order valence-corrected chi connectivity index (χ2v) is 4.98. The first-order valence-electron chi connectivity index (χ1n) is 6.00. The molecule has 2 aliphatic rings. The number of carbonyl (C=O) groups excluding carboxylic acids is 1. The number of methoxy groups -OCH3 is 1. The topological polar surface area (TPSA) is 55.3 Å². The Hall–Kier alpha value is -1.79. The molecule has 1 aliphatic carbocycles. The molecule has 0 N–H and O–H groups in total. The first kappa shape index (κ1) is 12.3. The van der Waals surface area contributed by atoms with Crippen molar-refractivity contribution < 1.29 is 18.3 Å². The van der Waals surface area contributed by atoms with Crippen LogP contribution in [0.1, 0.15) is 16.2 Å². The van der Waals surface area contributed by atoms with E-state index >= 15 is 0 Å². The van der Waals surface area contributed by atoms with E-state index in [9.17, 15) is 13.6 Å². The summed E-state index contributed by atoms with van der Waals surface area (Å²) in [7, 11) is 1.27. The molecule has 0 bridgehead atoms. The van der Waals surface area contributed by atoms with E-state index in [4.69, 9.17) is 0 Å². The molecule has 7 heteroatoms. The van der Waals surface area contributed by atoms with Crippen molar-refractivity contribution in [1.29, 1.82) is 0 Å². The van der Waals surface area contributed by atoms with Crippen LogP contribution in [0.15, 0.2) is 6.07 Å². The lowest BCUT2D eigenvalue weighted by Crippen LogP contribution is -2.29. The van der Waals surface area contributed by atoms with E-state index in [2.05, 4.69) is 14.7 Å². The Morgan fingerprint density at radius 1 is 1.42 bits per heavy atom. The van der Waals surface area contributed by atoms with Crippen molar-refractivity contribution in [2.45, 2.75) is 12.8 Å². The van der Waals surface area contributed by atoms with Crippen molar-refractivity contribution in [1.82, 2.24) is 9.97 Å². The van der Waals surface area contributed by atoms with E-state index in [1.807, 2.05) is 0 Å². The number of nitrogens with zero attached hydrogens (tertiary/aromatic N) is 3. The second kappa shape index (κ2) is 3.85. The van der Waals surface area contributed by atoms with Crippen LogP contribution in [0.5, 0.6) is 0 Å². The minimum Gasteiger partial charge on any atom is -0.464 e. The van der Waals surface area contributed by atoms with Crippen LogP contribution in [0.25, 0.3) is 0 Å². The Bertz CT molecular complexity index is 536. The summed E-state index contributed by atoms with van der Waals surface area (Å²) in [6.45, 7) is 2.20. The maximum atomic E-state index is 13.1. The molecule has 1 aliphatic heterocycles. The standard InChI is InChI=1S/C12H13F2N3O2/c1-6-3-9(10(18)19-2)16-11(15-6)17-4-7-8(5-17)12(7,13)14/h3,7-8H,4-5H2,1-2H3. The average Bonchev–Trinajstić information content (AvgIpc) is 2.78. The second-order valence-electron chi connectivity index (χ2n) is 4.98. The number of aryl methyl sites for hydroxylation is 1. The molecular weight excluding hydrogens is 256 g/mol. The van der Waals surface area contributed by atoms with Crippen LogP contribution in [0.3, 0.4) is 0 Å². The Kier molecular flexibility index (Phi) is 2.48. The maximum Gasteiger partial charge on any atom is 0.356 e. The third-order valence-corrected chi connectivity index (χ3v) is 3.72. The third-order valence-electron chi connectivity index (χ3n) is 3.72. The monoisotopic (exact) mass is 269 g/mol. The average molecular weight is 269 g/mol. The van der Waals surface area contributed by atoms with E-state index in [1.165, 1.54) is 13.2 Å². The zero-order chi connectivity index (χ0) is 13.8. The summed E-state index contributed by atoms with van der Waals surface area (Å²) in [6.07, 6.45) is 0. The molecule has 2 fully saturated rings. The van der Waals surface area contributed by atoms with Gasteiger partial charge in [-0.05, 0) is 13.0 Å². The molecule has 102 valence electrons. The van der Waals surface area contributed by atoms with Gasteiger partial charge in [0.2, 0.25) is 5.95 Å². The summed E-state index contributed by atoms with van der Waals surface area (Å²) >= 11 is 0. The molecule has 2 atom stereocenters. The quantitative estimate of drug-likeness (QED) is 0.757. The normalized spacial score (nSPS) is 27.1. The smallest absolute Gasteiger partial charge is 0.356 e. The lowest BCUT2D eigenvalue weighted by Gasteiger charge is -2.20. The van der Waals surface area contributed by atoms with E-state index in [0.717, 1.165) is 0 Å². The van der Waals surface area contributed by atoms with Crippen LogP contribution in [0.4, 0.5) is 14.7 Å².